The minimum absolute atomic E-state index is 0.0599. The fraction of sp³-hybridized carbons (Fsp3) is 0.444. The molecule has 0 radical (unpaired) electrons. The topological polar surface area (TPSA) is 117 Å². The van der Waals surface area contributed by atoms with Gasteiger partial charge in [0, 0.05) is 24.3 Å². The predicted molar refractivity (Wildman–Crippen MR) is 134 cm³/mol. The van der Waals surface area contributed by atoms with Crippen LogP contribution in [0, 0.1) is 5.41 Å². The van der Waals surface area contributed by atoms with E-state index >= 15 is 0 Å². The first-order valence-corrected chi connectivity index (χ1v) is 12.0. The van der Waals surface area contributed by atoms with Crippen molar-refractivity contribution in [2.24, 2.45) is 5.41 Å². The second-order valence-electron chi connectivity index (χ2n) is 11.1. The molecule has 1 saturated heterocycles. The van der Waals surface area contributed by atoms with E-state index in [9.17, 15) is 14.4 Å². The summed E-state index contributed by atoms with van der Waals surface area (Å²) in [7, 11) is 0. The maximum absolute atomic E-state index is 12.9. The van der Waals surface area contributed by atoms with E-state index in [4.69, 9.17) is 14.6 Å². The molecule has 2 aromatic rings. The highest BCUT2D eigenvalue weighted by molar-refractivity contribution is 5.94. The van der Waals surface area contributed by atoms with Gasteiger partial charge in [-0.15, -0.1) is 0 Å². The number of carbonyl (C=O) groups is 3. The molecule has 2 aromatic carbocycles. The number of anilines is 1. The lowest BCUT2D eigenvalue weighted by molar-refractivity contribution is 0.00532. The SMILES string of the molecule is CC(C)(C)OC(=O)N1CC(NC(=O)c2cccc(C3Nc4ccc(OC(=O)O)cc4CC3(C)C)c2)C1. The first kappa shape index (κ1) is 25.3. The van der Waals surface area contributed by atoms with E-state index in [1.165, 1.54) is 0 Å². The molecule has 1 unspecified atom stereocenters. The lowest BCUT2D eigenvalue weighted by Crippen LogP contribution is -2.61. The van der Waals surface area contributed by atoms with Crippen molar-refractivity contribution >= 4 is 23.8 Å². The smallest absolute Gasteiger partial charge is 0.449 e. The van der Waals surface area contributed by atoms with Gasteiger partial charge < -0.3 is 30.1 Å². The van der Waals surface area contributed by atoms with Crippen molar-refractivity contribution in [2.75, 3.05) is 18.4 Å². The summed E-state index contributed by atoms with van der Waals surface area (Å²) < 4.78 is 10.2. The fourth-order valence-corrected chi connectivity index (χ4v) is 4.67. The second kappa shape index (κ2) is 9.37. The van der Waals surface area contributed by atoms with Crippen molar-refractivity contribution in [1.82, 2.24) is 10.2 Å². The Kier molecular flexibility index (Phi) is 6.60. The van der Waals surface area contributed by atoms with Crippen LogP contribution >= 0.6 is 0 Å². The molecule has 36 heavy (non-hydrogen) atoms. The summed E-state index contributed by atoms with van der Waals surface area (Å²) in [5.74, 6) is 0.104. The van der Waals surface area contributed by atoms with Crippen LogP contribution in [0.3, 0.4) is 0 Å². The number of benzene rings is 2. The van der Waals surface area contributed by atoms with E-state index in [0.29, 0.717) is 25.1 Å². The number of carbonyl (C=O) groups excluding carboxylic acids is 2. The Balaban J connectivity index is 1.42. The molecule has 2 aliphatic rings. The van der Waals surface area contributed by atoms with Gasteiger partial charge in [-0.05, 0) is 74.1 Å². The van der Waals surface area contributed by atoms with Gasteiger partial charge in [0.05, 0.1) is 12.1 Å². The normalized spacial score (nSPS) is 18.8. The van der Waals surface area contributed by atoms with Crippen molar-refractivity contribution < 1.29 is 29.0 Å². The third kappa shape index (κ3) is 5.72. The molecule has 2 aliphatic heterocycles. The van der Waals surface area contributed by atoms with Gasteiger partial charge in [-0.25, -0.2) is 9.59 Å². The van der Waals surface area contributed by atoms with Crippen LogP contribution in [0.4, 0.5) is 15.3 Å². The fourth-order valence-electron chi connectivity index (χ4n) is 4.67. The average Bonchev–Trinajstić information content (AvgIpc) is 2.73. The van der Waals surface area contributed by atoms with Crippen molar-refractivity contribution in [3.63, 3.8) is 0 Å². The van der Waals surface area contributed by atoms with E-state index < -0.39 is 11.8 Å². The number of amides is 2. The summed E-state index contributed by atoms with van der Waals surface area (Å²) in [6.45, 7) is 10.6. The van der Waals surface area contributed by atoms with Gasteiger partial charge in [0.25, 0.3) is 5.91 Å². The maximum atomic E-state index is 12.9. The van der Waals surface area contributed by atoms with Crippen LogP contribution in [0.5, 0.6) is 5.75 Å². The van der Waals surface area contributed by atoms with Gasteiger partial charge >= 0.3 is 12.2 Å². The minimum Gasteiger partial charge on any atom is -0.449 e. The molecule has 192 valence electrons. The summed E-state index contributed by atoms with van der Waals surface area (Å²) in [5.41, 5.74) is 2.64. The standard InChI is InChI=1S/C27H33N3O6/c1-26(2,3)36-24(32)30-14-19(15-30)28-23(31)17-8-6-7-16(11-17)22-27(4,5)13-18-12-20(35-25(33)34)9-10-21(18)29-22/h6-12,19,22,29H,13-15H2,1-5H3,(H,28,31)(H,33,34). The molecule has 9 nitrogen and oxygen atoms in total. The zero-order valence-corrected chi connectivity index (χ0v) is 21.3. The van der Waals surface area contributed by atoms with Crippen molar-refractivity contribution in [2.45, 2.75) is 58.7 Å². The van der Waals surface area contributed by atoms with Crippen LogP contribution < -0.4 is 15.4 Å². The molecule has 0 bridgehead atoms. The number of carboxylic acid groups (broad SMARTS) is 1. The number of rotatable bonds is 4. The van der Waals surface area contributed by atoms with Gasteiger partial charge in [-0.2, -0.15) is 0 Å². The minimum atomic E-state index is -1.34. The van der Waals surface area contributed by atoms with E-state index in [-0.39, 0.29) is 35.2 Å². The molecule has 2 amide bonds. The lowest BCUT2D eigenvalue weighted by atomic mass is 9.72. The summed E-state index contributed by atoms with van der Waals surface area (Å²) in [6.07, 6.45) is -1.01. The number of hydrogen-bond donors (Lipinski definition) is 3. The molecule has 9 heteroatoms. The monoisotopic (exact) mass is 495 g/mol. The van der Waals surface area contributed by atoms with Gasteiger partial charge in [0.15, 0.2) is 0 Å². The zero-order valence-electron chi connectivity index (χ0n) is 21.3. The molecule has 1 atom stereocenters. The van der Waals surface area contributed by atoms with E-state index in [1.54, 1.807) is 23.1 Å². The summed E-state index contributed by atoms with van der Waals surface area (Å²) in [5, 5.41) is 15.4. The maximum Gasteiger partial charge on any atom is 0.511 e. The third-order valence-corrected chi connectivity index (χ3v) is 6.36. The number of nitrogens with one attached hydrogen (secondary N) is 2. The van der Waals surface area contributed by atoms with E-state index in [1.807, 2.05) is 45.0 Å². The Morgan fingerprint density at radius 3 is 2.50 bits per heavy atom. The van der Waals surface area contributed by atoms with Crippen LogP contribution in [-0.2, 0) is 11.2 Å². The Bertz CT molecular complexity index is 1180. The Morgan fingerprint density at radius 2 is 1.83 bits per heavy atom. The molecule has 0 aromatic heterocycles. The largest absolute Gasteiger partial charge is 0.511 e. The molecule has 0 saturated carbocycles. The first-order valence-electron chi connectivity index (χ1n) is 12.0. The van der Waals surface area contributed by atoms with Crippen molar-refractivity contribution in [3.8, 4) is 5.75 Å². The molecule has 1 fully saturated rings. The van der Waals surface area contributed by atoms with Crippen LogP contribution in [0.2, 0.25) is 0 Å². The van der Waals surface area contributed by atoms with Gasteiger partial charge in [0.1, 0.15) is 11.4 Å². The van der Waals surface area contributed by atoms with Gasteiger partial charge in [-0.3, -0.25) is 4.79 Å². The number of hydrogen-bond acceptors (Lipinski definition) is 6. The molecule has 0 aliphatic carbocycles. The molecular weight excluding hydrogens is 462 g/mol. The second-order valence-corrected chi connectivity index (χ2v) is 11.1. The van der Waals surface area contributed by atoms with Gasteiger partial charge in [-0.1, -0.05) is 26.0 Å². The van der Waals surface area contributed by atoms with E-state index in [2.05, 4.69) is 24.5 Å². The van der Waals surface area contributed by atoms with Crippen LogP contribution in [0.15, 0.2) is 42.5 Å². The quantitative estimate of drug-likeness (QED) is 0.411. The predicted octanol–water partition coefficient (Wildman–Crippen LogP) is 4.83. The molecular formula is C27H33N3O6. The summed E-state index contributed by atoms with van der Waals surface area (Å²) in [4.78, 5) is 37.5. The molecule has 3 N–H and O–H groups in total. The third-order valence-electron chi connectivity index (χ3n) is 6.36. The first-order chi connectivity index (χ1) is 16.8. The number of likely N-dealkylation sites (tertiary alicyclic amines) is 1. The van der Waals surface area contributed by atoms with Crippen molar-refractivity contribution in [1.29, 1.82) is 0 Å². The van der Waals surface area contributed by atoms with Gasteiger partial charge in [0.2, 0.25) is 0 Å². The van der Waals surface area contributed by atoms with Crippen LogP contribution in [0.25, 0.3) is 0 Å². The molecule has 2 heterocycles. The summed E-state index contributed by atoms with van der Waals surface area (Å²) in [6, 6.07) is 12.6. The lowest BCUT2D eigenvalue weighted by Gasteiger charge is -2.41. The van der Waals surface area contributed by atoms with E-state index in [0.717, 1.165) is 16.8 Å². The highest BCUT2D eigenvalue weighted by Crippen LogP contribution is 2.45. The van der Waals surface area contributed by atoms with Crippen LogP contribution in [0.1, 0.15) is 62.1 Å². The molecule has 0 spiro atoms. The number of fused-ring (bicyclic) bond motifs is 1. The average molecular weight is 496 g/mol. The Hall–Kier alpha value is -3.75. The van der Waals surface area contributed by atoms with Crippen LogP contribution in [-0.4, -0.2) is 52.9 Å². The Labute approximate surface area is 210 Å². The highest BCUT2D eigenvalue weighted by atomic mass is 16.7. The number of nitrogens with zero attached hydrogens (tertiary/aromatic N) is 1. The van der Waals surface area contributed by atoms with Crippen molar-refractivity contribution in [3.05, 3.63) is 59.2 Å². The molecule has 4 rings (SSSR count). The number of ether oxygens (including phenoxy) is 2. The Morgan fingerprint density at radius 1 is 1.11 bits per heavy atom. The zero-order chi connectivity index (χ0) is 26.3. The highest BCUT2D eigenvalue weighted by Gasteiger charge is 2.37. The summed E-state index contributed by atoms with van der Waals surface area (Å²) >= 11 is 0.